The highest BCUT2D eigenvalue weighted by Crippen LogP contribution is 2.49. The second-order valence-electron chi connectivity index (χ2n) is 10.2. The van der Waals surface area contributed by atoms with Gasteiger partial charge in [-0.1, -0.05) is 40.7 Å². The van der Waals surface area contributed by atoms with Gasteiger partial charge in [-0.15, -0.1) is 0 Å². The van der Waals surface area contributed by atoms with Gasteiger partial charge < -0.3 is 9.64 Å². The molecule has 1 aromatic carbocycles. The van der Waals surface area contributed by atoms with Crippen molar-refractivity contribution in [3.63, 3.8) is 0 Å². The minimum atomic E-state index is 0.104. The van der Waals surface area contributed by atoms with E-state index in [0.29, 0.717) is 17.8 Å². The van der Waals surface area contributed by atoms with E-state index in [1.807, 2.05) is 25.1 Å². The van der Waals surface area contributed by atoms with Crippen LogP contribution in [-0.4, -0.2) is 13.1 Å². The lowest BCUT2D eigenvalue weighted by molar-refractivity contribution is 0.304. The fourth-order valence-electron chi connectivity index (χ4n) is 4.87. The predicted octanol–water partition coefficient (Wildman–Crippen LogP) is 6.42. The van der Waals surface area contributed by atoms with Gasteiger partial charge in [0.05, 0.1) is 0 Å². The van der Waals surface area contributed by atoms with E-state index in [4.69, 9.17) is 4.74 Å². The molecule has 0 fully saturated rings. The third-order valence-corrected chi connectivity index (χ3v) is 7.08. The summed E-state index contributed by atoms with van der Waals surface area (Å²) in [7, 11) is 0. The van der Waals surface area contributed by atoms with Crippen LogP contribution in [0, 0.1) is 22.7 Å². The molecule has 0 saturated heterocycles. The minimum Gasteiger partial charge on any atom is -0.462 e. The maximum atomic E-state index is 9.27. The summed E-state index contributed by atoms with van der Waals surface area (Å²) in [6.07, 6.45) is 10.6. The summed E-state index contributed by atoms with van der Waals surface area (Å²) in [5.74, 6) is 1.40. The van der Waals surface area contributed by atoms with Crippen LogP contribution in [-0.2, 0) is 15.6 Å². The van der Waals surface area contributed by atoms with Crippen molar-refractivity contribution in [3.8, 4) is 12.1 Å². The smallest absolute Gasteiger partial charge is 0.137 e. The van der Waals surface area contributed by atoms with Crippen molar-refractivity contribution in [2.45, 2.75) is 64.7 Å². The Kier molecular flexibility index (Phi) is 5.51. The van der Waals surface area contributed by atoms with E-state index in [1.54, 1.807) is 12.2 Å². The Morgan fingerprint density at radius 3 is 2.12 bits per heavy atom. The van der Waals surface area contributed by atoms with Gasteiger partial charge in [-0.2, -0.15) is 10.5 Å². The van der Waals surface area contributed by atoms with Crippen LogP contribution >= 0.6 is 0 Å². The van der Waals surface area contributed by atoms with E-state index < -0.39 is 0 Å². The quantitative estimate of drug-likeness (QED) is 0.524. The third kappa shape index (κ3) is 3.87. The first-order valence-electron chi connectivity index (χ1n) is 11.4. The van der Waals surface area contributed by atoms with Crippen molar-refractivity contribution in [1.82, 2.24) is 0 Å². The maximum absolute atomic E-state index is 9.27. The van der Waals surface area contributed by atoms with Crippen LogP contribution in [0.4, 0.5) is 5.69 Å². The van der Waals surface area contributed by atoms with Gasteiger partial charge in [0.1, 0.15) is 29.2 Å². The SMILES string of the molecule is CCC1=CC(=C(C#N)C#N)C=C(/C=C/c2cc3c4c(c2)C(C)(C)CCN4CCC3(C)C)O1. The normalized spacial score (nSPS) is 20.5. The molecule has 4 heteroatoms. The van der Waals surface area contributed by atoms with Gasteiger partial charge in [0, 0.05) is 30.8 Å². The van der Waals surface area contributed by atoms with Crippen molar-refractivity contribution in [1.29, 1.82) is 10.5 Å². The van der Waals surface area contributed by atoms with Gasteiger partial charge in [-0.05, 0) is 70.7 Å². The van der Waals surface area contributed by atoms with E-state index in [1.165, 1.54) is 16.8 Å². The van der Waals surface area contributed by atoms with E-state index >= 15 is 0 Å². The Hall–Kier alpha value is -3.24. The van der Waals surface area contributed by atoms with Crippen LogP contribution in [0.1, 0.15) is 70.6 Å². The zero-order valence-corrected chi connectivity index (χ0v) is 19.7. The van der Waals surface area contributed by atoms with E-state index in [0.717, 1.165) is 37.3 Å². The van der Waals surface area contributed by atoms with Crippen LogP contribution in [0.3, 0.4) is 0 Å². The molecule has 0 spiro atoms. The van der Waals surface area contributed by atoms with Gasteiger partial charge in [0.2, 0.25) is 0 Å². The zero-order chi connectivity index (χ0) is 23.1. The highest BCUT2D eigenvalue weighted by molar-refractivity contribution is 5.72. The van der Waals surface area contributed by atoms with Crippen molar-refractivity contribution in [2.24, 2.45) is 0 Å². The molecule has 1 aromatic rings. The molecule has 0 bridgehead atoms. The molecule has 3 heterocycles. The number of hydrogen-bond donors (Lipinski definition) is 0. The second-order valence-corrected chi connectivity index (χ2v) is 10.2. The molecule has 4 rings (SSSR count). The first kappa shape index (κ1) is 22.0. The lowest BCUT2D eigenvalue weighted by Gasteiger charge is -2.48. The van der Waals surface area contributed by atoms with Gasteiger partial charge in [-0.3, -0.25) is 0 Å². The molecule has 3 aliphatic heterocycles. The molecular weight excluding hydrogens is 394 g/mol. The standard InChI is InChI=1S/C28H31N3O/c1-6-22-15-20(21(17-29)18-30)16-23(32-22)8-7-19-13-24-26-25(14-19)28(4,5)10-12-31(26)11-9-27(24,2)3/h7-8,13-16H,6,9-12H2,1-5H3/b8-7+. The molecule has 3 aliphatic rings. The fraction of sp³-hybridized carbons (Fsp3) is 0.429. The fourth-order valence-corrected chi connectivity index (χ4v) is 4.87. The Morgan fingerprint density at radius 2 is 1.59 bits per heavy atom. The van der Waals surface area contributed by atoms with Crippen LogP contribution in [0.25, 0.3) is 6.08 Å². The van der Waals surface area contributed by atoms with Gasteiger partial charge >= 0.3 is 0 Å². The molecule has 164 valence electrons. The van der Waals surface area contributed by atoms with Crippen LogP contribution in [0.5, 0.6) is 0 Å². The van der Waals surface area contributed by atoms with Gasteiger partial charge in [0.25, 0.3) is 0 Å². The Labute approximate surface area is 191 Å². The van der Waals surface area contributed by atoms with Gasteiger partial charge in [-0.25, -0.2) is 0 Å². The second kappa shape index (κ2) is 8.03. The number of ether oxygens (including phenoxy) is 1. The monoisotopic (exact) mass is 425 g/mol. The number of nitriles is 2. The van der Waals surface area contributed by atoms with E-state index in [2.05, 4.69) is 50.8 Å². The average molecular weight is 426 g/mol. The molecule has 0 atom stereocenters. The average Bonchev–Trinajstić information content (AvgIpc) is 2.77. The topological polar surface area (TPSA) is 60.0 Å². The van der Waals surface area contributed by atoms with Crippen LogP contribution in [0.15, 0.2) is 53.0 Å². The molecule has 0 amide bonds. The molecule has 0 aliphatic carbocycles. The van der Waals surface area contributed by atoms with Crippen molar-refractivity contribution in [2.75, 3.05) is 18.0 Å². The summed E-state index contributed by atoms with van der Waals surface area (Å²) >= 11 is 0. The largest absolute Gasteiger partial charge is 0.462 e. The first-order valence-corrected chi connectivity index (χ1v) is 11.4. The number of benzene rings is 1. The van der Waals surface area contributed by atoms with Crippen molar-refractivity contribution >= 4 is 11.8 Å². The molecule has 0 saturated carbocycles. The summed E-state index contributed by atoms with van der Waals surface area (Å²) in [6, 6.07) is 8.62. The van der Waals surface area contributed by atoms with E-state index in [9.17, 15) is 10.5 Å². The minimum absolute atomic E-state index is 0.104. The number of anilines is 1. The lowest BCUT2D eigenvalue weighted by Crippen LogP contribution is -2.44. The van der Waals surface area contributed by atoms with Gasteiger partial charge in [0.15, 0.2) is 0 Å². The molecule has 0 unspecified atom stereocenters. The summed E-state index contributed by atoms with van der Waals surface area (Å²) in [6.45, 7) is 13.6. The summed E-state index contributed by atoms with van der Waals surface area (Å²) in [5, 5.41) is 18.5. The maximum Gasteiger partial charge on any atom is 0.137 e. The van der Waals surface area contributed by atoms with Crippen molar-refractivity contribution in [3.05, 3.63) is 69.7 Å². The highest BCUT2D eigenvalue weighted by Gasteiger charge is 2.39. The molecule has 4 nitrogen and oxygen atoms in total. The zero-order valence-electron chi connectivity index (χ0n) is 19.7. The molecule has 0 radical (unpaired) electrons. The van der Waals surface area contributed by atoms with Crippen LogP contribution in [0.2, 0.25) is 0 Å². The van der Waals surface area contributed by atoms with Crippen molar-refractivity contribution < 1.29 is 4.74 Å². The Morgan fingerprint density at radius 1 is 1.00 bits per heavy atom. The molecule has 0 N–H and O–H groups in total. The number of nitrogens with zero attached hydrogens (tertiary/aromatic N) is 3. The highest BCUT2D eigenvalue weighted by atomic mass is 16.5. The first-order chi connectivity index (χ1) is 15.2. The number of rotatable bonds is 3. The van der Waals surface area contributed by atoms with Crippen LogP contribution < -0.4 is 4.90 Å². The molecule has 0 aromatic heterocycles. The summed E-state index contributed by atoms with van der Waals surface area (Å²) < 4.78 is 5.98. The summed E-state index contributed by atoms with van der Waals surface area (Å²) in [4.78, 5) is 2.57. The van der Waals surface area contributed by atoms with E-state index in [-0.39, 0.29) is 16.4 Å². The Balaban J connectivity index is 1.77. The number of hydrogen-bond acceptors (Lipinski definition) is 4. The summed E-state index contributed by atoms with van der Waals surface area (Å²) in [5.41, 5.74) is 6.45. The number of allylic oxidation sites excluding steroid dienone is 6. The molecular formula is C28H31N3O. The predicted molar refractivity (Wildman–Crippen MR) is 129 cm³/mol. The third-order valence-electron chi connectivity index (χ3n) is 7.08. The molecule has 32 heavy (non-hydrogen) atoms. The lowest BCUT2D eigenvalue weighted by atomic mass is 9.69. The Bertz CT molecular complexity index is 1110.